The van der Waals surface area contributed by atoms with Gasteiger partial charge < -0.3 is 10.6 Å². The number of hydrogen-bond acceptors (Lipinski definition) is 4. The fraction of sp³-hybridized carbons (Fsp3) is 0.400. The summed E-state index contributed by atoms with van der Waals surface area (Å²) < 4.78 is 1.88. The lowest BCUT2D eigenvalue weighted by atomic mass is 10.2. The molecule has 0 aliphatic heterocycles. The second kappa shape index (κ2) is 6.88. The first-order valence-corrected chi connectivity index (χ1v) is 7.16. The molecule has 0 spiro atoms. The molecule has 112 valence electrons. The van der Waals surface area contributed by atoms with Gasteiger partial charge in [-0.2, -0.15) is 5.10 Å². The first-order valence-electron chi connectivity index (χ1n) is 7.16. The van der Waals surface area contributed by atoms with Gasteiger partial charge in [-0.25, -0.2) is 9.67 Å². The monoisotopic (exact) mass is 287 g/mol. The molecular weight excluding hydrogens is 266 g/mol. The molecule has 1 amide bonds. The van der Waals surface area contributed by atoms with Crippen LogP contribution in [0.15, 0.2) is 30.6 Å². The molecule has 0 atom stereocenters. The van der Waals surface area contributed by atoms with Crippen LogP contribution in [0.1, 0.15) is 27.2 Å². The van der Waals surface area contributed by atoms with E-state index in [9.17, 15) is 4.79 Å². The van der Waals surface area contributed by atoms with Crippen LogP contribution in [0, 0.1) is 5.92 Å². The van der Waals surface area contributed by atoms with Crippen LogP contribution in [0.2, 0.25) is 0 Å². The Bertz CT molecular complexity index is 606. The highest BCUT2D eigenvalue weighted by atomic mass is 16.1. The van der Waals surface area contributed by atoms with Crippen LogP contribution < -0.4 is 10.6 Å². The largest absolute Gasteiger partial charge is 0.323 e. The number of pyridine rings is 1. The molecule has 6 heteroatoms. The average molecular weight is 287 g/mol. The number of nitrogens with one attached hydrogen (secondary N) is 2. The number of rotatable bonds is 6. The summed E-state index contributed by atoms with van der Waals surface area (Å²) in [6.45, 7) is 6.64. The molecule has 0 radical (unpaired) electrons. The molecular formula is C15H21N5O. The minimum absolute atomic E-state index is 0.0342. The van der Waals surface area contributed by atoms with Crippen LogP contribution in [-0.4, -0.2) is 20.7 Å². The molecule has 2 aromatic heterocycles. The number of nitrogens with zero attached hydrogens (tertiary/aromatic N) is 3. The van der Waals surface area contributed by atoms with Crippen LogP contribution in [0.25, 0.3) is 0 Å². The summed E-state index contributed by atoms with van der Waals surface area (Å²) in [5, 5.41) is 10.4. The molecule has 2 heterocycles. The van der Waals surface area contributed by atoms with E-state index in [4.69, 9.17) is 0 Å². The zero-order valence-electron chi connectivity index (χ0n) is 12.6. The standard InChI is InChI=1S/C15H21N5O/c1-4-10-20-13(7-9-17-20)19-14-12(6-5-8-16-14)18-15(21)11(2)3/h5-9,11H,4,10H2,1-3H3,(H,16,19)(H,18,21). The molecule has 2 aromatic rings. The lowest BCUT2D eigenvalue weighted by Crippen LogP contribution is -2.19. The van der Waals surface area contributed by atoms with E-state index in [2.05, 4.69) is 27.6 Å². The van der Waals surface area contributed by atoms with Crippen molar-refractivity contribution in [3.8, 4) is 0 Å². The van der Waals surface area contributed by atoms with E-state index in [1.807, 2.05) is 30.7 Å². The first-order chi connectivity index (χ1) is 10.1. The Morgan fingerprint density at radius 3 is 2.86 bits per heavy atom. The van der Waals surface area contributed by atoms with Gasteiger partial charge in [0.25, 0.3) is 0 Å². The Kier molecular flexibility index (Phi) is 4.92. The Labute approximate surface area is 124 Å². The van der Waals surface area contributed by atoms with Crippen LogP contribution in [0.5, 0.6) is 0 Å². The molecule has 0 saturated carbocycles. The number of amides is 1. The molecule has 6 nitrogen and oxygen atoms in total. The van der Waals surface area contributed by atoms with Crippen LogP contribution >= 0.6 is 0 Å². The Morgan fingerprint density at radius 2 is 2.14 bits per heavy atom. The van der Waals surface area contributed by atoms with E-state index >= 15 is 0 Å². The summed E-state index contributed by atoms with van der Waals surface area (Å²) in [5.74, 6) is 1.36. The van der Waals surface area contributed by atoms with Gasteiger partial charge in [-0.1, -0.05) is 20.8 Å². The summed E-state index contributed by atoms with van der Waals surface area (Å²) in [6.07, 6.45) is 4.43. The number of aromatic nitrogens is 3. The Hall–Kier alpha value is -2.37. The third kappa shape index (κ3) is 3.81. The maximum atomic E-state index is 11.9. The molecule has 2 rings (SSSR count). The molecule has 0 bridgehead atoms. The van der Waals surface area contributed by atoms with E-state index in [0.717, 1.165) is 18.8 Å². The van der Waals surface area contributed by atoms with Crippen molar-refractivity contribution in [2.75, 3.05) is 10.6 Å². The highest BCUT2D eigenvalue weighted by Gasteiger charge is 2.12. The summed E-state index contributed by atoms with van der Waals surface area (Å²) in [7, 11) is 0. The van der Waals surface area contributed by atoms with E-state index in [1.54, 1.807) is 18.5 Å². The minimum Gasteiger partial charge on any atom is -0.323 e. The van der Waals surface area contributed by atoms with Gasteiger partial charge in [-0.3, -0.25) is 4.79 Å². The third-order valence-electron chi connectivity index (χ3n) is 2.99. The van der Waals surface area contributed by atoms with Crippen molar-refractivity contribution < 1.29 is 4.79 Å². The molecule has 0 saturated heterocycles. The van der Waals surface area contributed by atoms with Crippen molar-refractivity contribution in [3.05, 3.63) is 30.6 Å². The van der Waals surface area contributed by atoms with E-state index in [0.29, 0.717) is 11.5 Å². The van der Waals surface area contributed by atoms with Crippen molar-refractivity contribution in [2.45, 2.75) is 33.7 Å². The fourth-order valence-corrected chi connectivity index (χ4v) is 1.83. The second-order valence-electron chi connectivity index (χ2n) is 5.11. The van der Waals surface area contributed by atoms with E-state index < -0.39 is 0 Å². The van der Waals surface area contributed by atoms with Crippen molar-refractivity contribution in [1.82, 2.24) is 14.8 Å². The van der Waals surface area contributed by atoms with Gasteiger partial charge in [0.15, 0.2) is 5.82 Å². The third-order valence-corrected chi connectivity index (χ3v) is 2.99. The molecule has 2 N–H and O–H groups in total. The number of carbonyl (C=O) groups is 1. The van der Waals surface area contributed by atoms with Gasteiger partial charge in [0.1, 0.15) is 5.82 Å². The van der Waals surface area contributed by atoms with Crippen molar-refractivity contribution >= 4 is 23.2 Å². The lowest BCUT2D eigenvalue weighted by Gasteiger charge is -2.14. The molecule has 0 aliphatic rings. The highest BCUT2D eigenvalue weighted by molar-refractivity contribution is 5.95. The van der Waals surface area contributed by atoms with Gasteiger partial charge in [0.05, 0.1) is 11.9 Å². The van der Waals surface area contributed by atoms with Crippen molar-refractivity contribution in [3.63, 3.8) is 0 Å². The topological polar surface area (TPSA) is 71.8 Å². The summed E-state index contributed by atoms with van der Waals surface area (Å²) >= 11 is 0. The molecule has 0 unspecified atom stereocenters. The molecule has 0 aliphatic carbocycles. The summed E-state index contributed by atoms with van der Waals surface area (Å²) in [6, 6.07) is 5.51. The maximum Gasteiger partial charge on any atom is 0.227 e. The predicted molar refractivity (Wildman–Crippen MR) is 83.5 cm³/mol. The first kappa shape index (κ1) is 15.0. The predicted octanol–water partition coefficient (Wildman–Crippen LogP) is 3.03. The minimum atomic E-state index is -0.0799. The smallest absolute Gasteiger partial charge is 0.227 e. The number of hydrogen-bond donors (Lipinski definition) is 2. The normalized spacial score (nSPS) is 10.7. The summed E-state index contributed by atoms with van der Waals surface area (Å²) in [5.41, 5.74) is 0.667. The Balaban J connectivity index is 2.20. The van der Waals surface area contributed by atoms with Crippen LogP contribution in [0.3, 0.4) is 0 Å². The van der Waals surface area contributed by atoms with Crippen molar-refractivity contribution in [1.29, 1.82) is 0 Å². The van der Waals surface area contributed by atoms with E-state index in [-0.39, 0.29) is 11.8 Å². The highest BCUT2D eigenvalue weighted by Crippen LogP contribution is 2.23. The number of aryl methyl sites for hydroxylation is 1. The summed E-state index contributed by atoms with van der Waals surface area (Å²) in [4.78, 5) is 16.2. The van der Waals surface area contributed by atoms with Gasteiger partial charge in [-0.05, 0) is 18.6 Å². The van der Waals surface area contributed by atoms with Crippen LogP contribution in [-0.2, 0) is 11.3 Å². The number of carbonyl (C=O) groups excluding carboxylic acids is 1. The fourth-order valence-electron chi connectivity index (χ4n) is 1.83. The Morgan fingerprint density at radius 1 is 1.33 bits per heavy atom. The number of anilines is 3. The average Bonchev–Trinajstić information content (AvgIpc) is 2.88. The molecule has 0 fully saturated rings. The second-order valence-corrected chi connectivity index (χ2v) is 5.11. The van der Waals surface area contributed by atoms with Crippen molar-refractivity contribution in [2.24, 2.45) is 5.92 Å². The molecule has 0 aromatic carbocycles. The van der Waals surface area contributed by atoms with Gasteiger partial charge in [0, 0.05) is 24.7 Å². The zero-order chi connectivity index (χ0) is 15.2. The lowest BCUT2D eigenvalue weighted by molar-refractivity contribution is -0.118. The molecule has 21 heavy (non-hydrogen) atoms. The van der Waals surface area contributed by atoms with E-state index in [1.165, 1.54) is 0 Å². The van der Waals surface area contributed by atoms with Gasteiger partial charge >= 0.3 is 0 Å². The van der Waals surface area contributed by atoms with Crippen LogP contribution in [0.4, 0.5) is 17.3 Å². The van der Waals surface area contributed by atoms with Gasteiger partial charge in [-0.15, -0.1) is 0 Å². The maximum absolute atomic E-state index is 11.9. The van der Waals surface area contributed by atoms with Gasteiger partial charge in [0.2, 0.25) is 5.91 Å². The SMILES string of the molecule is CCCn1nccc1Nc1ncccc1NC(=O)C(C)C. The zero-order valence-corrected chi connectivity index (χ0v) is 12.6. The quantitative estimate of drug-likeness (QED) is 0.856.